The Hall–Kier alpha value is -1.64. The van der Waals surface area contributed by atoms with Crippen molar-refractivity contribution in [2.75, 3.05) is 33.9 Å². The minimum Gasteiger partial charge on any atom is -0.493 e. The molecule has 0 bridgehead atoms. The van der Waals surface area contributed by atoms with E-state index in [4.69, 9.17) is 14.2 Å². The van der Waals surface area contributed by atoms with Gasteiger partial charge in [-0.3, -0.25) is 10.1 Å². The van der Waals surface area contributed by atoms with Gasteiger partial charge in [0.05, 0.1) is 37.4 Å². The summed E-state index contributed by atoms with van der Waals surface area (Å²) in [5.74, 6) is 0.820. The molecular weight excluding hydrogens is 352 g/mol. The van der Waals surface area contributed by atoms with Crippen LogP contribution in [0.15, 0.2) is 12.1 Å². The van der Waals surface area contributed by atoms with Gasteiger partial charge >= 0.3 is 0 Å². The fourth-order valence-electron chi connectivity index (χ4n) is 3.47. The van der Waals surface area contributed by atoms with Gasteiger partial charge < -0.3 is 18.8 Å². The Bertz CT molecular complexity index is 618. The van der Waals surface area contributed by atoms with Gasteiger partial charge in [0.1, 0.15) is 8.24 Å². The molecule has 2 rings (SSSR count). The maximum atomic E-state index is 11.3. The van der Waals surface area contributed by atoms with E-state index in [9.17, 15) is 10.1 Å². The first-order chi connectivity index (χ1) is 12.4. The molecule has 0 radical (unpaired) electrons. The zero-order valence-electron chi connectivity index (χ0n) is 16.2. The molecule has 0 N–H and O–H groups in total. The van der Waals surface area contributed by atoms with Gasteiger partial charge in [0, 0.05) is 6.61 Å². The van der Waals surface area contributed by atoms with Crippen LogP contribution in [0.1, 0.15) is 24.8 Å². The van der Waals surface area contributed by atoms with E-state index in [0.29, 0.717) is 23.7 Å². The third-order valence-electron chi connectivity index (χ3n) is 5.08. The molecule has 0 amide bonds. The summed E-state index contributed by atoms with van der Waals surface area (Å²) in [6.45, 7) is 8.10. The highest BCUT2D eigenvalue weighted by atomic mass is 28.3. The summed E-state index contributed by atoms with van der Waals surface area (Å²) in [4.78, 5) is 10.9. The van der Waals surface area contributed by atoms with Crippen LogP contribution in [-0.2, 0) is 11.3 Å². The second kappa shape index (κ2) is 9.34. The quantitative estimate of drug-likeness (QED) is 0.265. The molecule has 0 spiro atoms. The maximum Gasteiger partial charge on any atom is 0.278 e. The second-order valence-electron chi connectivity index (χ2n) is 7.26. The normalized spacial score (nSPS) is 15.2. The van der Waals surface area contributed by atoms with Crippen LogP contribution < -0.4 is 9.47 Å². The topological polar surface area (TPSA) is 74.1 Å². The molecule has 1 aromatic carbocycles. The second-order valence-corrected chi connectivity index (χ2v) is 12.0. The van der Waals surface area contributed by atoms with Gasteiger partial charge in [0.2, 0.25) is 0 Å². The third kappa shape index (κ3) is 5.18. The van der Waals surface area contributed by atoms with Crippen LogP contribution in [0.3, 0.4) is 0 Å². The molecule has 0 aromatic heterocycles. The van der Waals surface area contributed by atoms with Gasteiger partial charge in [-0.25, -0.2) is 0 Å². The lowest BCUT2D eigenvalue weighted by molar-refractivity contribution is -0.386. The van der Waals surface area contributed by atoms with E-state index >= 15 is 0 Å². The SMILES string of the molecule is COc1cc(COCCC[Si](C)(C)N2CCCC2)c([N+](=O)[O-])cc1OC. The highest BCUT2D eigenvalue weighted by molar-refractivity contribution is 6.74. The zero-order valence-corrected chi connectivity index (χ0v) is 17.2. The van der Waals surface area contributed by atoms with Crippen molar-refractivity contribution in [1.82, 2.24) is 4.57 Å². The predicted octanol–water partition coefficient (Wildman–Crippen LogP) is 3.82. The van der Waals surface area contributed by atoms with Crippen LogP contribution in [0.5, 0.6) is 11.5 Å². The molecule has 0 unspecified atom stereocenters. The highest BCUT2D eigenvalue weighted by Crippen LogP contribution is 2.34. The average molecular weight is 383 g/mol. The van der Waals surface area contributed by atoms with Crippen molar-refractivity contribution in [2.24, 2.45) is 0 Å². The number of ether oxygens (including phenoxy) is 3. The molecule has 1 heterocycles. The molecule has 0 saturated carbocycles. The standard InChI is InChI=1S/C18H30N2O5Si/c1-23-17-12-15(16(20(21)22)13-18(17)24-2)14-25-10-7-11-26(3,4)19-8-5-6-9-19/h12-13H,5-11,14H2,1-4H3. The van der Waals surface area contributed by atoms with E-state index < -0.39 is 13.2 Å². The van der Waals surface area contributed by atoms with E-state index in [1.54, 1.807) is 6.07 Å². The molecule has 0 aliphatic carbocycles. The molecule has 1 aromatic rings. The Balaban J connectivity index is 1.89. The van der Waals surface area contributed by atoms with Crippen molar-refractivity contribution < 1.29 is 19.1 Å². The van der Waals surface area contributed by atoms with E-state index in [-0.39, 0.29) is 12.3 Å². The Morgan fingerprint density at radius 3 is 2.35 bits per heavy atom. The van der Waals surface area contributed by atoms with Gasteiger partial charge in [-0.15, -0.1) is 0 Å². The van der Waals surface area contributed by atoms with Crippen LogP contribution in [0, 0.1) is 10.1 Å². The first-order valence-electron chi connectivity index (χ1n) is 9.11. The van der Waals surface area contributed by atoms with Crippen molar-refractivity contribution in [3.63, 3.8) is 0 Å². The van der Waals surface area contributed by atoms with Crippen LogP contribution in [0.2, 0.25) is 19.1 Å². The maximum absolute atomic E-state index is 11.3. The minimum atomic E-state index is -1.35. The van der Waals surface area contributed by atoms with E-state index in [1.807, 2.05) is 0 Å². The minimum absolute atomic E-state index is 0.00517. The molecule has 1 fully saturated rings. The number of methoxy groups -OCH3 is 2. The number of nitro groups is 1. The van der Waals surface area contributed by atoms with Gasteiger partial charge in [0.15, 0.2) is 11.5 Å². The number of hydrogen-bond acceptors (Lipinski definition) is 6. The monoisotopic (exact) mass is 382 g/mol. The van der Waals surface area contributed by atoms with Crippen molar-refractivity contribution >= 4 is 13.9 Å². The summed E-state index contributed by atoms with van der Waals surface area (Å²) >= 11 is 0. The summed E-state index contributed by atoms with van der Waals surface area (Å²) in [5.41, 5.74) is 0.498. The van der Waals surface area contributed by atoms with Crippen molar-refractivity contribution in [2.45, 2.75) is 45.0 Å². The van der Waals surface area contributed by atoms with Crippen molar-refractivity contribution in [1.29, 1.82) is 0 Å². The Morgan fingerprint density at radius 1 is 1.15 bits per heavy atom. The molecule has 1 aliphatic rings. The summed E-state index contributed by atoms with van der Waals surface area (Å²) in [7, 11) is 1.63. The lowest BCUT2D eigenvalue weighted by Crippen LogP contribution is -2.46. The molecule has 1 aliphatic heterocycles. The third-order valence-corrected chi connectivity index (χ3v) is 8.81. The zero-order chi connectivity index (χ0) is 19.2. The largest absolute Gasteiger partial charge is 0.493 e. The number of nitrogens with zero attached hydrogens (tertiary/aromatic N) is 2. The van der Waals surface area contributed by atoms with Crippen molar-refractivity contribution in [3.8, 4) is 11.5 Å². The van der Waals surface area contributed by atoms with E-state index in [2.05, 4.69) is 17.7 Å². The summed E-state index contributed by atoms with van der Waals surface area (Å²) in [5, 5.41) is 11.3. The Labute approximate surface area is 156 Å². The van der Waals surface area contributed by atoms with Gasteiger partial charge in [-0.2, -0.15) is 0 Å². The fraction of sp³-hybridized carbons (Fsp3) is 0.667. The van der Waals surface area contributed by atoms with Gasteiger partial charge in [-0.05, 0) is 44.5 Å². The lowest BCUT2D eigenvalue weighted by Gasteiger charge is -2.33. The number of nitro benzene ring substituents is 1. The predicted molar refractivity (Wildman–Crippen MR) is 104 cm³/mol. The van der Waals surface area contributed by atoms with Gasteiger partial charge in [-0.1, -0.05) is 13.1 Å². The molecular formula is C18H30N2O5Si. The molecule has 7 nitrogen and oxygen atoms in total. The van der Waals surface area contributed by atoms with E-state index in [0.717, 1.165) is 6.42 Å². The molecule has 0 atom stereocenters. The fourth-order valence-corrected chi connectivity index (χ4v) is 6.32. The van der Waals surface area contributed by atoms with E-state index in [1.165, 1.54) is 52.3 Å². The van der Waals surface area contributed by atoms with Crippen LogP contribution in [0.4, 0.5) is 5.69 Å². The Morgan fingerprint density at radius 2 is 1.77 bits per heavy atom. The van der Waals surface area contributed by atoms with Crippen molar-refractivity contribution in [3.05, 3.63) is 27.8 Å². The summed E-state index contributed by atoms with van der Waals surface area (Å²) < 4.78 is 18.8. The van der Waals surface area contributed by atoms with Crippen LogP contribution >= 0.6 is 0 Å². The average Bonchev–Trinajstić information content (AvgIpc) is 3.16. The molecule has 146 valence electrons. The molecule has 1 saturated heterocycles. The molecule has 26 heavy (non-hydrogen) atoms. The van der Waals surface area contributed by atoms with Crippen LogP contribution in [-0.4, -0.2) is 51.6 Å². The summed E-state index contributed by atoms with van der Waals surface area (Å²) in [6.07, 6.45) is 3.61. The number of hydrogen-bond donors (Lipinski definition) is 0. The highest BCUT2D eigenvalue weighted by Gasteiger charge is 2.30. The first-order valence-corrected chi connectivity index (χ1v) is 12.3. The smallest absolute Gasteiger partial charge is 0.278 e. The summed E-state index contributed by atoms with van der Waals surface area (Å²) in [6, 6.07) is 4.20. The first kappa shape index (κ1) is 20.7. The molecule has 8 heteroatoms. The van der Waals surface area contributed by atoms with Crippen LogP contribution in [0.25, 0.3) is 0 Å². The Kier molecular flexibility index (Phi) is 7.42. The number of rotatable bonds is 10. The number of benzene rings is 1. The lowest BCUT2D eigenvalue weighted by atomic mass is 10.1. The van der Waals surface area contributed by atoms with Gasteiger partial charge in [0.25, 0.3) is 5.69 Å².